The van der Waals surface area contributed by atoms with E-state index in [1.807, 2.05) is 18.2 Å². The van der Waals surface area contributed by atoms with Crippen LogP contribution < -0.4 is 9.62 Å². The Hall–Kier alpha value is -2.57. The number of sulfonamides is 1. The zero-order chi connectivity index (χ0) is 19.0. The average Bonchev–Trinajstić information content (AvgIpc) is 2.98. The number of hydrogen-bond acceptors (Lipinski definition) is 4. The highest BCUT2D eigenvalue weighted by molar-refractivity contribution is 7.92. The molecule has 4 rings (SSSR count). The monoisotopic (exact) mass is 399 g/mol. The van der Waals surface area contributed by atoms with Crippen LogP contribution in [0.25, 0.3) is 0 Å². The van der Waals surface area contributed by atoms with Crippen LogP contribution in [0.4, 0.5) is 17.2 Å². The molecule has 138 valence electrons. The van der Waals surface area contributed by atoms with Crippen LogP contribution in [0.1, 0.15) is 12.5 Å². The minimum absolute atomic E-state index is 0.0274. The Bertz CT molecular complexity index is 1080. The van der Waals surface area contributed by atoms with Crippen molar-refractivity contribution >= 4 is 38.8 Å². The summed E-state index contributed by atoms with van der Waals surface area (Å²) in [5, 5.41) is 0.170. The summed E-state index contributed by atoms with van der Waals surface area (Å²) in [6, 6.07) is 18.4. The van der Waals surface area contributed by atoms with Crippen molar-refractivity contribution in [2.45, 2.75) is 24.3 Å². The van der Waals surface area contributed by atoms with Crippen molar-refractivity contribution in [3.05, 3.63) is 77.4 Å². The molecule has 1 unspecified atom stereocenters. The smallest absolute Gasteiger partial charge is 0.264 e. The Kier molecular flexibility index (Phi) is 4.53. The largest absolute Gasteiger partial charge is 0.337 e. The zero-order valence-electron chi connectivity index (χ0n) is 14.6. The second-order valence-corrected chi connectivity index (χ2v) is 8.55. The molecule has 1 aliphatic rings. The SMILES string of the molecule is CC1Cc2ccccc2N1c1ccc(NS(=O)(=O)c2ccccc2Cl)nc1. The van der Waals surface area contributed by atoms with Crippen molar-refractivity contribution in [2.24, 2.45) is 0 Å². The third-order valence-electron chi connectivity index (χ3n) is 4.60. The molecule has 3 aromatic rings. The van der Waals surface area contributed by atoms with Gasteiger partial charge in [0.15, 0.2) is 0 Å². The number of nitrogens with one attached hydrogen (secondary N) is 1. The predicted octanol–water partition coefficient (Wildman–Crippen LogP) is 4.62. The van der Waals surface area contributed by atoms with Gasteiger partial charge in [0.25, 0.3) is 10.0 Å². The van der Waals surface area contributed by atoms with Gasteiger partial charge >= 0.3 is 0 Å². The first kappa shape index (κ1) is 17.8. The van der Waals surface area contributed by atoms with Gasteiger partial charge in [0.05, 0.1) is 16.9 Å². The fourth-order valence-corrected chi connectivity index (χ4v) is 4.93. The van der Waals surface area contributed by atoms with E-state index >= 15 is 0 Å². The first-order valence-electron chi connectivity index (χ1n) is 8.56. The Labute approximate surface area is 163 Å². The van der Waals surface area contributed by atoms with E-state index in [0.717, 1.165) is 17.8 Å². The highest BCUT2D eigenvalue weighted by Gasteiger charge is 2.27. The van der Waals surface area contributed by atoms with Crippen molar-refractivity contribution < 1.29 is 8.42 Å². The molecule has 1 atom stereocenters. The lowest BCUT2D eigenvalue weighted by Crippen LogP contribution is -2.24. The van der Waals surface area contributed by atoms with Crippen molar-refractivity contribution in [1.82, 2.24) is 4.98 Å². The number of benzene rings is 2. The Morgan fingerprint density at radius 3 is 2.56 bits per heavy atom. The normalized spacial score (nSPS) is 16.2. The van der Waals surface area contributed by atoms with Gasteiger partial charge in [0.1, 0.15) is 10.7 Å². The summed E-state index contributed by atoms with van der Waals surface area (Å²) < 4.78 is 27.5. The molecule has 2 heterocycles. The van der Waals surface area contributed by atoms with Crippen LogP contribution in [-0.4, -0.2) is 19.4 Å². The number of anilines is 3. The van der Waals surface area contributed by atoms with Crippen LogP contribution >= 0.6 is 11.6 Å². The molecule has 0 saturated heterocycles. The number of pyridine rings is 1. The molecule has 0 spiro atoms. The molecule has 7 heteroatoms. The van der Waals surface area contributed by atoms with Crippen LogP contribution in [0.3, 0.4) is 0 Å². The number of aromatic nitrogens is 1. The minimum atomic E-state index is -3.79. The maximum absolute atomic E-state index is 12.5. The molecule has 1 aromatic heterocycles. The molecule has 1 N–H and O–H groups in total. The molecule has 0 saturated carbocycles. The first-order chi connectivity index (χ1) is 13.0. The number of rotatable bonds is 4. The van der Waals surface area contributed by atoms with Gasteiger partial charge in [0, 0.05) is 11.7 Å². The van der Waals surface area contributed by atoms with Crippen LogP contribution in [0, 0.1) is 0 Å². The Morgan fingerprint density at radius 1 is 1.07 bits per heavy atom. The van der Waals surface area contributed by atoms with Gasteiger partial charge in [0.2, 0.25) is 0 Å². The molecule has 0 aliphatic carbocycles. The zero-order valence-corrected chi connectivity index (χ0v) is 16.2. The van der Waals surface area contributed by atoms with Gasteiger partial charge in [-0.15, -0.1) is 0 Å². The molecular formula is C20H18ClN3O2S. The molecular weight excluding hydrogens is 382 g/mol. The second-order valence-electron chi connectivity index (χ2n) is 6.49. The third-order valence-corrected chi connectivity index (χ3v) is 6.45. The molecule has 0 amide bonds. The van der Waals surface area contributed by atoms with Gasteiger partial charge in [-0.2, -0.15) is 0 Å². The number of para-hydroxylation sites is 1. The van der Waals surface area contributed by atoms with E-state index in [4.69, 9.17) is 11.6 Å². The topological polar surface area (TPSA) is 62.3 Å². The first-order valence-corrected chi connectivity index (χ1v) is 10.4. The van der Waals surface area contributed by atoms with E-state index in [1.165, 1.54) is 11.6 Å². The van der Waals surface area contributed by atoms with E-state index in [1.54, 1.807) is 30.5 Å². The molecule has 2 aromatic carbocycles. The van der Waals surface area contributed by atoms with E-state index < -0.39 is 10.0 Å². The number of hydrogen-bond donors (Lipinski definition) is 1. The standard InChI is InChI=1S/C20H18ClN3O2S/c1-14-12-15-6-2-4-8-18(15)24(14)16-10-11-20(22-13-16)23-27(25,26)19-9-5-3-7-17(19)21/h2-11,13-14H,12H2,1H3,(H,22,23). The van der Waals surface area contributed by atoms with Gasteiger partial charge in [-0.05, 0) is 49.2 Å². The average molecular weight is 400 g/mol. The quantitative estimate of drug-likeness (QED) is 0.695. The van der Waals surface area contributed by atoms with Crippen LogP contribution in [0.15, 0.2) is 71.8 Å². The molecule has 0 fully saturated rings. The maximum Gasteiger partial charge on any atom is 0.264 e. The second kappa shape index (κ2) is 6.87. The van der Waals surface area contributed by atoms with Gasteiger partial charge in [-0.1, -0.05) is 41.9 Å². The van der Waals surface area contributed by atoms with Gasteiger partial charge < -0.3 is 4.90 Å². The fourth-order valence-electron chi connectivity index (χ4n) is 3.40. The van der Waals surface area contributed by atoms with Crippen molar-refractivity contribution in [3.63, 3.8) is 0 Å². The molecule has 27 heavy (non-hydrogen) atoms. The summed E-state index contributed by atoms with van der Waals surface area (Å²) in [6.07, 6.45) is 2.65. The summed E-state index contributed by atoms with van der Waals surface area (Å²) >= 11 is 6.00. The number of halogens is 1. The third kappa shape index (κ3) is 3.38. The lowest BCUT2D eigenvalue weighted by Gasteiger charge is -2.24. The Balaban J connectivity index is 1.59. The maximum atomic E-state index is 12.5. The summed E-state index contributed by atoms with van der Waals surface area (Å²) in [6.45, 7) is 2.16. The Morgan fingerprint density at radius 2 is 1.81 bits per heavy atom. The van der Waals surface area contributed by atoms with Gasteiger partial charge in [-0.25, -0.2) is 13.4 Å². The summed E-state index contributed by atoms with van der Waals surface area (Å²) in [4.78, 5) is 6.54. The van der Waals surface area contributed by atoms with Crippen molar-refractivity contribution in [1.29, 1.82) is 0 Å². The predicted molar refractivity (Wildman–Crippen MR) is 108 cm³/mol. The van der Waals surface area contributed by atoms with E-state index in [-0.39, 0.29) is 15.7 Å². The van der Waals surface area contributed by atoms with Crippen LogP contribution in [0.2, 0.25) is 5.02 Å². The fraction of sp³-hybridized carbons (Fsp3) is 0.150. The molecule has 5 nitrogen and oxygen atoms in total. The van der Waals surface area contributed by atoms with Crippen LogP contribution in [-0.2, 0) is 16.4 Å². The van der Waals surface area contributed by atoms with Crippen molar-refractivity contribution in [3.8, 4) is 0 Å². The van der Waals surface area contributed by atoms with Crippen LogP contribution in [0.5, 0.6) is 0 Å². The number of nitrogens with zero attached hydrogens (tertiary/aromatic N) is 2. The molecule has 1 aliphatic heterocycles. The minimum Gasteiger partial charge on any atom is -0.337 e. The lowest BCUT2D eigenvalue weighted by atomic mass is 10.1. The van der Waals surface area contributed by atoms with Gasteiger partial charge in [-0.3, -0.25) is 4.72 Å². The van der Waals surface area contributed by atoms with E-state index in [2.05, 4.69) is 33.7 Å². The molecule has 0 bridgehead atoms. The van der Waals surface area contributed by atoms with E-state index in [0.29, 0.717) is 6.04 Å². The summed E-state index contributed by atoms with van der Waals surface area (Å²) in [5.41, 5.74) is 3.39. The number of fused-ring (bicyclic) bond motifs is 1. The van der Waals surface area contributed by atoms with E-state index in [9.17, 15) is 8.42 Å². The summed E-state index contributed by atoms with van der Waals surface area (Å²) in [7, 11) is -3.79. The molecule has 0 radical (unpaired) electrons. The summed E-state index contributed by atoms with van der Waals surface area (Å²) in [5.74, 6) is 0.249. The van der Waals surface area contributed by atoms with Crippen molar-refractivity contribution in [2.75, 3.05) is 9.62 Å². The lowest BCUT2D eigenvalue weighted by molar-refractivity contribution is 0.601. The highest BCUT2D eigenvalue weighted by Crippen LogP contribution is 2.38. The highest BCUT2D eigenvalue weighted by atomic mass is 35.5.